The van der Waals surface area contributed by atoms with Gasteiger partial charge in [0.25, 0.3) is 0 Å². The van der Waals surface area contributed by atoms with E-state index in [4.69, 9.17) is 0 Å². The molecule has 1 fully saturated rings. The van der Waals surface area contributed by atoms with Gasteiger partial charge in [0.15, 0.2) is 0 Å². The molecular weight excluding hydrogens is 507 g/mol. The Morgan fingerprint density at radius 1 is 1.16 bits per heavy atom. The van der Waals surface area contributed by atoms with Crippen LogP contribution in [0.3, 0.4) is 0 Å². The fourth-order valence-corrected chi connectivity index (χ4v) is 4.62. The maximum absolute atomic E-state index is 13.2. The first-order chi connectivity index (χ1) is 17.1. The molecule has 208 valence electrons. The first-order valence-electron chi connectivity index (χ1n) is 12.4. The van der Waals surface area contributed by atoms with Crippen LogP contribution in [0.15, 0.2) is 24.3 Å². The summed E-state index contributed by atoms with van der Waals surface area (Å²) in [5, 5.41) is 21.8. The lowest BCUT2D eigenvalue weighted by atomic mass is 10.0. The molecule has 2 aromatic rings. The van der Waals surface area contributed by atoms with Crippen LogP contribution >= 0.6 is 0 Å². The molecule has 3 N–H and O–H groups in total. The lowest BCUT2D eigenvalue weighted by Crippen LogP contribution is -2.43. The van der Waals surface area contributed by atoms with Crippen molar-refractivity contribution < 1.29 is 26.7 Å². The molecule has 0 bridgehead atoms. The SMILES string of the molecule is CC.Cc1cc(N[C@@H]2CCCN(CCC(C)(C)O)C2)nnc1-c1ccc(C(F)(F)F)cc1NS(C)(=O)=O. The zero-order chi connectivity index (χ0) is 28.0. The maximum Gasteiger partial charge on any atom is 0.416 e. The second kappa shape index (κ2) is 12.4. The number of piperidine rings is 1. The third kappa shape index (κ3) is 9.75. The number of nitrogens with zero attached hydrogens (tertiary/aromatic N) is 3. The van der Waals surface area contributed by atoms with Crippen LogP contribution in [0.2, 0.25) is 0 Å². The number of likely N-dealkylation sites (tertiary alicyclic amines) is 1. The minimum atomic E-state index is -4.62. The van der Waals surface area contributed by atoms with Gasteiger partial charge in [0.1, 0.15) is 5.82 Å². The largest absolute Gasteiger partial charge is 0.416 e. The summed E-state index contributed by atoms with van der Waals surface area (Å²) in [6.45, 7) is 11.9. The zero-order valence-corrected chi connectivity index (χ0v) is 23.1. The fourth-order valence-electron chi connectivity index (χ4n) is 4.05. The third-order valence-electron chi connectivity index (χ3n) is 5.78. The Kier molecular flexibility index (Phi) is 10.3. The lowest BCUT2D eigenvalue weighted by Gasteiger charge is -2.34. The smallest absolute Gasteiger partial charge is 0.390 e. The van der Waals surface area contributed by atoms with Crippen LogP contribution in [-0.4, -0.2) is 66.2 Å². The van der Waals surface area contributed by atoms with E-state index in [-0.39, 0.29) is 23.0 Å². The van der Waals surface area contributed by atoms with E-state index >= 15 is 0 Å². The van der Waals surface area contributed by atoms with Gasteiger partial charge in [-0.1, -0.05) is 19.9 Å². The van der Waals surface area contributed by atoms with Crippen molar-refractivity contribution in [2.75, 3.05) is 35.9 Å². The summed E-state index contributed by atoms with van der Waals surface area (Å²) >= 11 is 0. The quantitative estimate of drug-likeness (QED) is 0.433. The van der Waals surface area contributed by atoms with Crippen LogP contribution in [0.4, 0.5) is 24.7 Å². The molecule has 0 unspecified atom stereocenters. The van der Waals surface area contributed by atoms with E-state index in [9.17, 15) is 26.7 Å². The summed E-state index contributed by atoms with van der Waals surface area (Å²) in [6.07, 6.45) is -1.13. The number of alkyl halides is 3. The summed E-state index contributed by atoms with van der Waals surface area (Å²) in [5.41, 5.74) is -0.783. The number of rotatable bonds is 8. The van der Waals surface area contributed by atoms with Gasteiger partial charge in [0.2, 0.25) is 10.0 Å². The first kappa shape index (κ1) is 30.8. The van der Waals surface area contributed by atoms with Gasteiger partial charge in [-0.25, -0.2) is 8.42 Å². The molecule has 1 aliphatic heterocycles. The number of hydrogen-bond acceptors (Lipinski definition) is 7. The molecule has 0 aliphatic carbocycles. The van der Waals surface area contributed by atoms with Crippen molar-refractivity contribution in [2.45, 2.75) is 71.7 Å². The molecule has 12 heteroatoms. The second-order valence-corrected chi connectivity index (χ2v) is 11.5. The van der Waals surface area contributed by atoms with Crippen LogP contribution in [0.5, 0.6) is 0 Å². The predicted molar refractivity (Wildman–Crippen MR) is 141 cm³/mol. The molecule has 37 heavy (non-hydrogen) atoms. The molecule has 1 aliphatic rings. The Bertz CT molecular complexity index is 1150. The van der Waals surface area contributed by atoms with Gasteiger partial charge in [-0.15, -0.1) is 10.2 Å². The van der Waals surface area contributed by atoms with Gasteiger partial charge < -0.3 is 15.3 Å². The van der Waals surface area contributed by atoms with Crippen molar-refractivity contribution >= 4 is 21.5 Å². The highest BCUT2D eigenvalue weighted by atomic mass is 32.2. The van der Waals surface area contributed by atoms with Gasteiger partial charge in [-0.2, -0.15) is 13.2 Å². The third-order valence-corrected chi connectivity index (χ3v) is 6.37. The van der Waals surface area contributed by atoms with E-state index in [0.29, 0.717) is 17.8 Å². The number of sulfonamides is 1. The van der Waals surface area contributed by atoms with E-state index in [0.717, 1.165) is 50.9 Å². The average Bonchev–Trinajstić information content (AvgIpc) is 2.78. The van der Waals surface area contributed by atoms with Crippen LogP contribution < -0.4 is 10.0 Å². The maximum atomic E-state index is 13.2. The van der Waals surface area contributed by atoms with Crippen molar-refractivity contribution in [1.82, 2.24) is 15.1 Å². The average molecular weight is 546 g/mol. The molecule has 2 heterocycles. The molecular formula is C25H38F3N5O3S. The van der Waals surface area contributed by atoms with Crippen molar-refractivity contribution in [2.24, 2.45) is 0 Å². The highest BCUT2D eigenvalue weighted by Gasteiger charge is 2.32. The van der Waals surface area contributed by atoms with Crippen molar-refractivity contribution in [1.29, 1.82) is 0 Å². The van der Waals surface area contributed by atoms with Gasteiger partial charge in [-0.05, 0) is 70.3 Å². The summed E-state index contributed by atoms with van der Waals surface area (Å²) in [7, 11) is -3.83. The van der Waals surface area contributed by atoms with Crippen LogP contribution in [-0.2, 0) is 16.2 Å². The van der Waals surface area contributed by atoms with E-state index in [1.165, 1.54) is 6.07 Å². The monoisotopic (exact) mass is 545 g/mol. The molecule has 0 saturated carbocycles. The summed E-state index contributed by atoms with van der Waals surface area (Å²) in [4.78, 5) is 2.29. The van der Waals surface area contributed by atoms with Crippen LogP contribution in [0.1, 0.15) is 58.1 Å². The van der Waals surface area contributed by atoms with Crippen molar-refractivity contribution in [3.8, 4) is 11.3 Å². The van der Waals surface area contributed by atoms with Gasteiger partial charge in [0.05, 0.1) is 28.8 Å². The van der Waals surface area contributed by atoms with Gasteiger partial charge in [-0.3, -0.25) is 4.72 Å². The Balaban J connectivity index is 0.00000235. The Labute approximate surface area is 217 Å². The molecule has 1 saturated heterocycles. The first-order valence-corrected chi connectivity index (χ1v) is 14.2. The number of aliphatic hydroxyl groups is 1. The Morgan fingerprint density at radius 3 is 2.41 bits per heavy atom. The molecule has 0 radical (unpaired) electrons. The molecule has 1 aromatic heterocycles. The second-order valence-electron chi connectivity index (χ2n) is 9.74. The fraction of sp³-hybridized carbons (Fsp3) is 0.600. The minimum absolute atomic E-state index is 0.138. The van der Waals surface area contributed by atoms with E-state index < -0.39 is 27.4 Å². The van der Waals surface area contributed by atoms with E-state index in [2.05, 4.69) is 25.1 Å². The molecule has 8 nitrogen and oxygen atoms in total. The number of benzene rings is 1. The van der Waals surface area contributed by atoms with Gasteiger partial charge >= 0.3 is 6.18 Å². The molecule has 0 spiro atoms. The number of aryl methyl sites for hydroxylation is 1. The van der Waals surface area contributed by atoms with E-state index in [1.807, 2.05) is 13.8 Å². The normalized spacial score (nSPS) is 17.1. The Morgan fingerprint density at radius 2 is 1.84 bits per heavy atom. The van der Waals surface area contributed by atoms with Crippen LogP contribution in [0.25, 0.3) is 11.3 Å². The number of nitrogens with one attached hydrogen (secondary N) is 2. The molecule has 3 rings (SSSR count). The minimum Gasteiger partial charge on any atom is -0.390 e. The molecule has 0 amide bonds. The highest BCUT2D eigenvalue weighted by Crippen LogP contribution is 2.36. The summed E-state index contributed by atoms with van der Waals surface area (Å²) < 4.78 is 65.3. The van der Waals surface area contributed by atoms with Crippen LogP contribution in [0, 0.1) is 6.92 Å². The van der Waals surface area contributed by atoms with E-state index in [1.54, 1.807) is 26.8 Å². The lowest BCUT2D eigenvalue weighted by molar-refractivity contribution is -0.137. The zero-order valence-electron chi connectivity index (χ0n) is 22.3. The number of halogens is 3. The van der Waals surface area contributed by atoms with Crippen molar-refractivity contribution in [3.05, 3.63) is 35.4 Å². The number of hydrogen-bond donors (Lipinski definition) is 3. The molecule has 1 aromatic carbocycles. The van der Waals surface area contributed by atoms with Crippen molar-refractivity contribution in [3.63, 3.8) is 0 Å². The highest BCUT2D eigenvalue weighted by molar-refractivity contribution is 7.92. The summed E-state index contributed by atoms with van der Waals surface area (Å²) in [6, 6.07) is 4.73. The standard InChI is InChI=1S/C23H32F3N5O3S.C2H6/c1-15-12-20(27-17-6-5-10-31(14-17)11-9-22(2,3)32)28-29-21(15)18-8-7-16(23(24,25)26)13-19(18)30-35(4,33)34;1-2/h7-8,12-13,17,30,32H,5-6,9-11,14H2,1-4H3,(H,27,28);1-2H3/t17-;/m1./s1. The predicted octanol–water partition coefficient (Wildman–Crippen LogP) is 4.91. The number of aromatic nitrogens is 2. The Hall–Kier alpha value is -2.44. The number of anilines is 2. The molecule has 1 atom stereocenters. The summed E-state index contributed by atoms with van der Waals surface area (Å²) in [5.74, 6) is 0.533. The topological polar surface area (TPSA) is 107 Å². The van der Waals surface area contributed by atoms with Gasteiger partial charge in [0, 0.05) is 24.7 Å².